The Balaban J connectivity index is 1.38. The standard InChI is InChI=1S/C18H26N2O/c19-15-8-6-13(7-9-15)10-11-20-18(21)17-12-16(17)14-4-2-1-3-5-14/h6-9,14,16-17H,1-5,10-12,19H2,(H,20,21). The number of nitrogens with two attached hydrogens (primary N) is 1. The fourth-order valence-electron chi connectivity index (χ4n) is 3.74. The van der Waals surface area contributed by atoms with E-state index in [0.29, 0.717) is 11.8 Å². The second-order valence-electron chi connectivity index (χ2n) is 6.69. The van der Waals surface area contributed by atoms with Crippen molar-refractivity contribution in [3.8, 4) is 0 Å². The molecule has 0 saturated heterocycles. The van der Waals surface area contributed by atoms with Crippen LogP contribution in [0.2, 0.25) is 0 Å². The minimum Gasteiger partial charge on any atom is -0.399 e. The summed E-state index contributed by atoms with van der Waals surface area (Å²) in [6.45, 7) is 0.733. The van der Waals surface area contributed by atoms with Crippen molar-refractivity contribution in [2.24, 2.45) is 17.8 Å². The second-order valence-corrected chi connectivity index (χ2v) is 6.69. The Morgan fingerprint density at radius 1 is 1.14 bits per heavy atom. The molecule has 0 radical (unpaired) electrons. The lowest BCUT2D eigenvalue weighted by molar-refractivity contribution is -0.122. The van der Waals surface area contributed by atoms with E-state index in [1.165, 1.54) is 37.7 Å². The molecule has 0 aromatic heterocycles. The highest BCUT2D eigenvalue weighted by Gasteiger charge is 2.47. The number of rotatable bonds is 5. The van der Waals surface area contributed by atoms with Crippen LogP contribution in [-0.2, 0) is 11.2 Å². The minimum atomic E-state index is 0.279. The molecule has 3 heteroatoms. The first-order valence-corrected chi connectivity index (χ1v) is 8.36. The molecule has 3 nitrogen and oxygen atoms in total. The van der Waals surface area contributed by atoms with E-state index in [1.54, 1.807) is 0 Å². The predicted molar refractivity (Wildman–Crippen MR) is 85.7 cm³/mol. The monoisotopic (exact) mass is 286 g/mol. The van der Waals surface area contributed by atoms with Gasteiger partial charge in [0.1, 0.15) is 0 Å². The van der Waals surface area contributed by atoms with Crippen molar-refractivity contribution in [2.75, 3.05) is 12.3 Å². The van der Waals surface area contributed by atoms with Crippen molar-refractivity contribution < 1.29 is 4.79 Å². The zero-order valence-corrected chi connectivity index (χ0v) is 12.7. The van der Waals surface area contributed by atoms with Crippen molar-refractivity contribution in [2.45, 2.75) is 44.9 Å². The lowest BCUT2D eigenvalue weighted by Crippen LogP contribution is -2.28. The molecule has 114 valence electrons. The molecule has 0 spiro atoms. The predicted octanol–water partition coefficient (Wildman–Crippen LogP) is 3.14. The third-order valence-electron chi connectivity index (χ3n) is 5.12. The first kappa shape index (κ1) is 14.4. The van der Waals surface area contributed by atoms with Gasteiger partial charge in [-0.25, -0.2) is 0 Å². The molecule has 1 amide bonds. The molecule has 0 aliphatic heterocycles. The Morgan fingerprint density at radius 2 is 1.86 bits per heavy atom. The SMILES string of the molecule is Nc1ccc(CCNC(=O)C2CC2C2CCCCC2)cc1. The average Bonchev–Trinajstić information content (AvgIpc) is 3.31. The van der Waals surface area contributed by atoms with Gasteiger partial charge in [0.25, 0.3) is 0 Å². The third-order valence-corrected chi connectivity index (χ3v) is 5.12. The van der Waals surface area contributed by atoms with E-state index in [4.69, 9.17) is 5.73 Å². The Labute approximate surface area is 127 Å². The summed E-state index contributed by atoms with van der Waals surface area (Å²) in [5.74, 6) is 2.09. The Bertz CT molecular complexity index is 476. The molecule has 1 aromatic rings. The summed E-state index contributed by atoms with van der Waals surface area (Å²) in [5.41, 5.74) is 7.68. The summed E-state index contributed by atoms with van der Waals surface area (Å²) >= 11 is 0. The lowest BCUT2D eigenvalue weighted by atomic mass is 9.85. The number of carbonyl (C=O) groups is 1. The first-order valence-electron chi connectivity index (χ1n) is 8.36. The van der Waals surface area contributed by atoms with Gasteiger partial charge in [0.2, 0.25) is 5.91 Å². The number of nitrogens with one attached hydrogen (secondary N) is 1. The summed E-state index contributed by atoms with van der Waals surface area (Å²) in [5, 5.41) is 3.11. The number of benzene rings is 1. The van der Waals surface area contributed by atoms with Gasteiger partial charge in [-0.3, -0.25) is 4.79 Å². The summed E-state index contributed by atoms with van der Waals surface area (Å²) in [7, 11) is 0. The van der Waals surface area contributed by atoms with Crippen LogP contribution in [0.4, 0.5) is 5.69 Å². The third kappa shape index (κ3) is 3.78. The molecule has 0 heterocycles. The van der Waals surface area contributed by atoms with Crippen LogP contribution in [0.15, 0.2) is 24.3 Å². The number of hydrogen-bond donors (Lipinski definition) is 2. The number of nitrogen functional groups attached to an aromatic ring is 1. The maximum Gasteiger partial charge on any atom is 0.223 e. The van der Waals surface area contributed by atoms with E-state index < -0.39 is 0 Å². The van der Waals surface area contributed by atoms with Gasteiger partial charge in [-0.05, 0) is 42.4 Å². The quantitative estimate of drug-likeness (QED) is 0.817. The molecular weight excluding hydrogens is 260 g/mol. The fraction of sp³-hybridized carbons (Fsp3) is 0.611. The van der Waals surface area contributed by atoms with Gasteiger partial charge < -0.3 is 11.1 Å². The molecule has 2 unspecified atom stereocenters. The van der Waals surface area contributed by atoms with Crippen molar-refractivity contribution in [1.29, 1.82) is 0 Å². The molecule has 3 rings (SSSR count). The topological polar surface area (TPSA) is 55.1 Å². The van der Waals surface area contributed by atoms with Gasteiger partial charge in [-0.15, -0.1) is 0 Å². The van der Waals surface area contributed by atoms with E-state index in [-0.39, 0.29) is 5.91 Å². The Kier molecular flexibility index (Phi) is 4.47. The molecule has 2 atom stereocenters. The second kappa shape index (κ2) is 6.50. The summed E-state index contributed by atoms with van der Waals surface area (Å²) in [6, 6.07) is 7.89. The fourth-order valence-corrected chi connectivity index (χ4v) is 3.74. The molecule has 21 heavy (non-hydrogen) atoms. The van der Waals surface area contributed by atoms with Crippen molar-refractivity contribution in [1.82, 2.24) is 5.32 Å². The minimum absolute atomic E-state index is 0.279. The number of carbonyl (C=O) groups excluding carboxylic acids is 1. The van der Waals surface area contributed by atoms with Crippen molar-refractivity contribution in [3.63, 3.8) is 0 Å². The van der Waals surface area contributed by atoms with Gasteiger partial charge in [0.15, 0.2) is 0 Å². The molecule has 2 fully saturated rings. The zero-order valence-electron chi connectivity index (χ0n) is 12.7. The summed E-state index contributed by atoms with van der Waals surface area (Å²) < 4.78 is 0. The highest BCUT2D eigenvalue weighted by molar-refractivity contribution is 5.81. The van der Waals surface area contributed by atoms with E-state index in [9.17, 15) is 4.79 Å². The van der Waals surface area contributed by atoms with Crippen LogP contribution in [-0.4, -0.2) is 12.5 Å². The van der Waals surface area contributed by atoms with E-state index >= 15 is 0 Å². The van der Waals surface area contributed by atoms with Gasteiger partial charge >= 0.3 is 0 Å². The average molecular weight is 286 g/mol. The Morgan fingerprint density at radius 3 is 2.57 bits per heavy atom. The smallest absolute Gasteiger partial charge is 0.223 e. The molecule has 3 N–H and O–H groups in total. The number of amides is 1. The summed E-state index contributed by atoms with van der Waals surface area (Å²) in [6.07, 6.45) is 8.83. The molecule has 2 aliphatic carbocycles. The van der Waals surface area contributed by atoms with Crippen LogP contribution in [0.3, 0.4) is 0 Å². The molecular formula is C18H26N2O. The van der Waals surface area contributed by atoms with Crippen LogP contribution in [0.25, 0.3) is 0 Å². The van der Waals surface area contributed by atoms with Crippen LogP contribution in [0.1, 0.15) is 44.1 Å². The molecule has 2 aliphatic rings. The normalized spacial score (nSPS) is 25.5. The van der Waals surface area contributed by atoms with Crippen molar-refractivity contribution >= 4 is 11.6 Å². The molecule has 0 bridgehead atoms. The van der Waals surface area contributed by atoms with E-state index in [1.807, 2.05) is 24.3 Å². The van der Waals surface area contributed by atoms with E-state index in [2.05, 4.69) is 5.32 Å². The highest BCUT2D eigenvalue weighted by atomic mass is 16.2. The van der Waals surface area contributed by atoms with Gasteiger partial charge in [0, 0.05) is 18.2 Å². The van der Waals surface area contributed by atoms with Crippen LogP contribution >= 0.6 is 0 Å². The van der Waals surface area contributed by atoms with Crippen LogP contribution in [0, 0.1) is 17.8 Å². The van der Waals surface area contributed by atoms with E-state index in [0.717, 1.165) is 31.0 Å². The number of hydrogen-bond acceptors (Lipinski definition) is 2. The van der Waals surface area contributed by atoms with Crippen LogP contribution < -0.4 is 11.1 Å². The maximum absolute atomic E-state index is 12.2. The Hall–Kier alpha value is -1.51. The molecule has 2 saturated carbocycles. The van der Waals surface area contributed by atoms with Crippen LogP contribution in [0.5, 0.6) is 0 Å². The zero-order chi connectivity index (χ0) is 14.7. The highest BCUT2D eigenvalue weighted by Crippen LogP contribution is 2.49. The lowest BCUT2D eigenvalue weighted by Gasteiger charge is -2.21. The largest absolute Gasteiger partial charge is 0.399 e. The molecule has 1 aromatic carbocycles. The summed E-state index contributed by atoms with van der Waals surface area (Å²) in [4.78, 5) is 12.2. The first-order chi connectivity index (χ1) is 10.2. The van der Waals surface area contributed by atoms with Gasteiger partial charge in [-0.1, -0.05) is 44.2 Å². The van der Waals surface area contributed by atoms with Crippen molar-refractivity contribution in [3.05, 3.63) is 29.8 Å². The van der Waals surface area contributed by atoms with Gasteiger partial charge in [0.05, 0.1) is 0 Å². The van der Waals surface area contributed by atoms with Gasteiger partial charge in [-0.2, -0.15) is 0 Å². The number of anilines is 1. The maximum atomic E-state index is 12.2.